The highest BCUT2D eigenvalue weighted by Crippen LogP contribution is 2.17. The van der Waals surface area contributed by atoms with Gasteiger partial charge in [0.25, 0.3) is 0 Å². The Balaban J connectivity index is 1.67. The summed E-state index contributed by atoms with van der Waals surface area (Å²) in [5, 5.41) is 3.43. The molecule has 0 aliphatic carbocycles. The lowest BCUT2D eigenvalue weighted by atomic mass is 9.98. The summed E-state index contributed by atoms with van der Waals surface area (Å²) in [6.45, 7) is 4.44. The van der Waals surface area contributed by atoms with E-state index in [4.69, 9.17) is 4.98 Å². The highest BCUT2D eigenvalue weighted by Gasteiger charge is 2.16. The van der Waals surface area contributed by atoms with E-state index in [1.807, 2.05) is 0 Å². The van der Waals surface area contributed by atoms with Gasteiger partial charge in [-0.05, 0) is 51.0 Å². The summed E-state index contributed by atoms with van der Waals surface area (Å²) in [6.07, 6.45) is 2.60. The molecule has 1 aromatic heterocycles. The largest absolute Gasteiger partial charge is 0.330 e. The van der Waals surface area contributed by atoms with Crippen molar-refractivity contribution in [2.45, 2.75) is 19.4 Å². The minimum Gasteiger partial charge on any atom is -0.330 e. The first-order valence-corrected chi connectivity index (χ1v) is 7.53. The fourth-order valence-electron chi connectivity index (χ4n) is 3.15. The van der Waals surface area contributed by atoms with Crippen LogP contribution in [0.25, 0.3) is 11.0 Å². The van der Waals surface area contributed by atoms with Gasteiger partial charge >= 0.3 is 0 Å². The number of hydrogen-bond donors (Lipinski definition) is 1. The Morgan fingerprint density at radius 1 is 1.30 bits per heavy atom. The second kappa shape index (κ2) is 5.94. The molecule has 0 radical (unpaired) electrons. The summed E-state index contributed by atoms with van der Waals surface area (Å²) in [5.74, 6) is 1.98. The second-order valence-electron chi connectivity index (χ2n) is 5.97. The first-order chi connectivity index (χ1) is 9.74. The molecular weight excluding hydrogens is 248 g/mol. The zero-order chi connectivity index (χ0) is 13.9. The number of imidazole rings is 1. The predicted molar refractivity (Wildman–Crippen MR) is 82.6 cm³/mol. The summed E-state index contributed by atoms with van der Waals surface area (Å²) in [4.78, 5) is 7.17. The maximum Gasteiger partial charge on any atom is 0.123 e. The third-order valence-corrected chi connectivity index (χ3v) is 4.32. The van der Waals surface area contributed by atoms with E-state index in [2.05, 4.69) is 53.1 Å². The number of aryl methyl sites for hydroxylation is 1. The highest BCUT2D eigenvalue weighted by atomic mass is 15.2. The van der Waals surface area contributed by atoms with Gasteiger partial charge in [-0.25, -0.2) is 4.98 Å². The molecule has 1 N–H and O–H groups in total. The molecule has 4 nitrogen and oxygen atoms in total. The van der Waals surface area contributed by atoms with E-state index in [-0.39, 0.29) is 0 Å². The van der Waals surface area contributed by atoms with E-state index in [1.54, 1.807) is 0 Å². The monoisotopic (exact) mass is 272 g/mol. The number of para-hydroxylation sites is 2. The maximum atomic E-state index is 4.75. The predicted octanol–water partition coefficient (Wildman–Crippen LogP) is 2.00. The van der Waals surface area contributed by atoms with Crippen molar-refractivity contribution in [1.29, 1.82) is 0 Å². The van der Waals surface area contributed by atoms with Crippen LogP contribution in [-0.4, -0.2) is 41.1 Å². The van der Waals surface area contributed by atoms with Gasteiger partial charge in [0.2, 0.25) is 0 Å². The lowest BCUT2D eigenvalue weighted by Crippen LogP contribution is -2.34. The van der Waals surface area contributed by atoms with Gasteiger partial charge in [-0.2, -0.15) is 0 Å². The maximum absolute atomic E-state index is 4.75. The van der Waals surface area contributed by atoms with Crippen LogP contribution in [0.5, 0.6) is 0 Å². The number of benzene rings is 1. The molecule has 2 aromatic rings. The number of fused-ring (bicyclic) bond motifs is 1. The molecule has 0 amide bonds. The van der Waals surface area contributed by atoms with E-state index in [1.165, 1.54) is 38.0 Å². The zero-order valence-electron chi connectivity index (χ0n) is 12.5. The van der Waals surface area contributed by atoms with E-state index < -0.39 is 0 Å². The van der Waals surface area contributed by atoms with Crippen molar-refractivity contribution in [3.63, 3.8) is 0 Å². The highest BCUT2D eigenvalue weighted by molar-refractivity contribution is 5.75. The average molecular weight is 272 g/mol. The van der Waals surface area contributed by atoms with Gasteiger partial charge in [0.1, 0.15) is 5.82 Å². The Bertz CT molecular complexity index is 569. The number of aromatic nitrogens is 2. The molecular formula is C16H24N4. The Morgan fingerprint density at radius 2 is 2.05 bits per heavy atom. The minimum atomic E-state index is 0.830. The van der Waals surface area contributed by atoms with Crippen LogP contribution in [0, 0.1) is 5.92 Å². The first-order valence-electron chi connectivity index (χ1n) is 7.53. The first kappa shape index (κ1) is 13.6. The van der Waals surface area contributed by atoms with E-state index in [0.717, 1.165) is 23.8 Å². The summed E-state index contributed by atoms with van der Waals surface area (Å²) in [7, 11) is 4.32. The van der Waals surface area contributed by atoms with Crippen molar-refractivity contribution in [2.24, 2.45) is 13.0 Å². The summed E-state index contributed by atoms with van der Waals surface area (Å²) in [6, 6.07) is 8.36. The lowest BCUT2D eigenvalue weighted by molar-refractivity contribution is 0.229. The van der Waals surface area contributed by atoms with Crippen LogP contribution in [0.1, 0.15) is 18.7 Å². The van der Waals surface area contributed by atoms with E-state index in [9.17, 15) is 0 Å². The normalized spacial score (nSPS) is 17.1. The fraction of sp³-hybridized carbons (Fsp3) is 0.562. The standard InChI is InChI=1S/C16H24N4/c1-19(11-13-7-9-17-10-8-13)12-16-18-14-5-3-4-6-15(14)20(16)2/h3-6,13,17H,7-12H2,1-2H3. The quantitative estimate of drug-likeness (QED) is 0.924. The Kier molecular flexibility index (Phi) is 4.03. The molecule has 1 saturated heterocycles. The summed E-state index contributed by atoms with van der Waals surface area (Å²) >= 11 is 0. The van der Waals surface area contributed by atoms with Gasteiger partial charge in [-0.3, -0.25) is 4.90 Å². The number of nitrogens with zero attached hydrogens (tertiary/aromatic N) is 3. The van der Waals surface area contributed by atoms with Crippen molar-refractivity contribution < 1.29 is 0 Å². The van der Waals surface area contributed by atoms with Crippen molar-refractivity contribution in [3.05, 3.63) is 30.1 Å². The van der Waals surface area contributed by atoms with Gasteiger partial charge in [-0.15, -0.1) is 0 Å². The molecule has 1 aliphatic rings. The molecule has 0 saturated carbocycles. The minimum absolute atomic E-state index is 0.830. The van der Waals surface area contributed by atoms with Gasteiger partial charge in [0.05, 0.1) is 17.6 Å². The van der Waals surface area contributed by atoms with Crippen molar-refractivity contribution in [1.82, 2.24) is 19.8 Å². The lowest BCUT2D eigenvalue weighted by Gasteiger charge is -2.27. The summed E-state index contributed by atoms with van der Waals surface area (Å²) < 4.78 is 2.22. The molecule has 20 heavy (non-hydrogen) atoms. The Hall–Kier alpha value is -1.39. The number of piperidine rings is 1. The topological polar surface area (TPSA) is 33.1 Å². The van der Waals surface area contributed by atoms with Crippen LogP contribution in [0.4, 0.5) is 0 Å². The van der Waals surface area contributed by atoms with Crippen molar-refractivity contribution >= 4 is 11.0 Å². The van der Waals surface area contributed by atoms with E-state index >= 15 is 0 Å². The molecule has 1 aliphatic heterocycles. The molecule has 0 spiro atoms. The van der Waals surface area contributed by atoms with Crippen LogP contribution in [-0.2, 0) is 13.6 Å². The van der Waals surface area contributed by atoms with Gasteiger partial charge < -0.3 is 9.88 Å². The average Bonchev–Trinajstić information content (AvgIpc) is 2.77. The van der Waals surface area contributed by atoms with Gasteiger partial charge in [0, 0.05) is 13.6 Å². The Morgan fingerprint density at radius 3 is 2.80 bits per heavy atom. The number of rotatable bonds is 4. The second-order valence-corrected chi connectivity index (χ2v) is 5.97. The third-order valence-electron chi connectivity index (χ3n) is 4.32. The van der Waals surface area contributed by atoms with Crippen molar-refractivity contribution in [2.75, 3.05) is 26.7 Å². The molecule has 3 rings (SSSR count). The number of hydrogen-bond acceptors (Lipinski definition) is 3. The zero-order valence-corrected chi connectivity index (χ0v) is 12.5. The van der Waals surface area contributed by atoms with Crippen LogP contribution in [0.15, 0.2) is 24.3 Å². The summed E-state index contributed by atoms with van der Waals surface area (Å²) in [5.41, 5.74) is 2.32. The molecule has 4 heteroatoms. The van der Waals surface area contributed by atoms with Crippen LogP contribution >= 0.6 is 0 Å². The van der Waals surface area contributed by atoms with Crippen LogP contribution in [0.2, 0.25) is 0 Å². The van der Waals surface area contributed by atoms with Crippen molar-refractivity contribution in [3.8, 4) is 0 Å². The smallest absolute Gasteiger partial charge is 0.123 e. The molecule has 108 valence electrons. The molecule has 0 atom stereocenters. The van der Waals surface area contributed by atoms with Gasteiger partial charge in [0.15, 0.2) is 0 Å². The van der Waals surface area contributed by atoms with Crippen LogP contribution in [0.3, 0.4) is 0 Å². The fourth-order valence-corrected chi connectivity index (χ4v) is 3.15. The number of nitrogens with one attached hydrogen (secondary N) is 1. The molecule has 0 bridgehead atoms. The van der Waals surface area contributed by atoms with E-state index in [0.29, 0.717) is 0 Å². The van der Waals surface area contributed by atoms with Crippen LogP contribution < -0.4 is 5.32 Å². The van der Waals surface area contributed by atoms with Gasteiger partial charge in [-0.1, -0.05) is 12.1 Å². The molecule has 2 heterocycles. The Labute approximate surface area is 120 Å². The molecule has 0 unspecified atom stereocenters. The third kappa shape index (κ3) is 2.86. The SMILES string of the molecule is CN(Cc1nc2ccccc2n1C)CC1CCNCC1. The molecule has 1 fully saturated rings. The molecule has 1 aromatic carbocycles.